The van der Waals surface area contributed by atoms with Crippen LogP contribution in [-0.2, 0) is 11.3 Å². The Labute approximate surface area is 115 Å². The van der Waals surface area contributed by atoms with Gasteiger partial charge in [0.2, 0.25) is 0 Å². The summed E-state index contributed by atoms with van der Waals surface area (Å²) < 4.78 is 11.0. The number of nitrogens with zero attached hydrogens (tertiary/aromatic N) is 1. The number of hydrogen-bond donors (Lipinski definition) is 1. The first-order chi connectivity index (χ1) is 9.20. The Morgan fingerprint density at radius 1 is 1.37 bits per heavy atom. The van der Waals surface area contributed by atoms with Gasteiger partial charge < -0.3 is 19.7 Å². The van der Waals surface area contributed by atoms with Gasteiger partial charge >= 0.3 is 0 Å². The van der Waals surface area contributed by atoms with Crippen LogP contribution in [0.2, 0.25) is 0 Å². The molecule has 0 aromatic heterocycles. The second-order valence-electron chi connectivity index (χ2n) is 5.08. The zero-order valence-corrected chi connectivity index (χ0v) is 12.1. The lowest BCUT2D eigenvalue weighted by Gasteiger charge is -2.25. The van der Waals surface area contributed by atoms with Crippen LogP contribution in [0.15, 0.2) is 18.2 Å². The van der Waals surface area contributed by atoms with E-state index in [9.17, 15) is 0 Å². The van der Waals surface area contributed by atoms with Gasteiger partial charge in [0.1, 0.15) is 5.75 Å². The largest absolute Gasteiger partial charge is 0.497 e. The highest BCUT2D eigenvalue weighted by Crippen LogP contribution is 2.27. The van der Waals surface area contributed by atoms with Gasteiger partial charge in [0.15, 0.2) is 0 Å². The van der Waals surface area contributed by atoms with Gasteiger partial charge in [-0.15, -0.1) is 0 Å². The van der Waals surface area contributed by atoms with Crippen molar-refractivity contribution in [2.24, 2.45) is 0 Å². The molecule has 19 heavy (non-hydrogen) atoms. The molecule has 0 amide bonds. The second kappa shape index (κ2) is 6.78. The van der Waals surface area contributed by atoms with Crippen molar-refractivity contribution >= 4 is 5.69 Å². The minimum atomic E-state index is 0.287. The van der Waals surface area contributed by atoms with E-state index in [2.05, 4.69) is 36.2 Å². The lowest BCUT2D eigenvalue weighted by molar-refractivity contribution is 0.0841. The van der Waals surface area contributed by atoms with Crippen molar-refractivity contribution in [1.29, 1.82) is 0 Å². The Kier molecular flexibility index (Phi) is 5.05. The van der Waals surface area contributed by atoms with E-state index in [-0.39, 0.29) is 6.10 Å². The summed E-state index contributed by atoms with van der Waals surface area (Å²) in [6.07, 6.45) is 0.287. The zero-order valence-electron chi connectivity index (χ0n) is 12.1. The molecular formula is C15H24N2O2. The minimum absolute atomic E-state index is 0.287. The van der Waals surface area contributed by atoms with E-state index in [1.165, 1.54) is 11.3 Å². The maximum absolute atomic E-state index is 5.66. The van der Waals surface area contributed by atoms with E-state index in [1.807, 2.05) is 6.07 Å². The molecule has 4 heteroatoms. The van der Waals surface area contributed by atoms with Crippen LogP contribution >= 0.6 is 0 Å². The van der Waals surface area contributed by atoms with Gasteiger partial charge in [-0.25, -0.2) is 0 Å². The van der Waals surface area contributed by atoms with Crippen LogP contribution in [0.25, 0.3) is 0 Å². The van der Waals surface area contributed by atoms with Crippen LogP contribution < -0.4 is 15.0 Å². The van der Waals surface area contributed by atoms with Crippen molar-refractivity contribution in [2.75, 3.05) is 38.3 Å². The molecule has 0 unspecified atom stereocenters. The Hall–Kier alpha value is -1.26. The fourth-order valence-electron chi connectivity index (χ4n) is 2.30. The zero-order chi connectivity index (χ0) is 13.7. The molecule has 0 radical (unpaired) electrons. The standard InChI is InChI=1S/C15H24N2O2/c1-12(2)19-9-8-17-7-6-16-11-13-4-5-14(18-3)10-15(13)17/h4-5,10,12,16H,6-9,11H2,1-3H3. The van der Waals surface area contributed by atoms with Crippen molar-refractivity contribution < 1.29 is 9.47 Å². The number of fused-ring (bicyclic) bond motifs is 1. The molecule has 1 aromatic carbocycles. The summed E-state index contributed by atoms with van der Waals surface area (Å²) in [6.45, 7) is 8.73. The molecule has 0 aliphatic carbocycles. The third-order valence-corrected chi connectivity index (χ3v) is 3.32. The number of nitrogens with one attached hydrogen (secondary N) is 1. The summed E-state index contributed by atoms with van der Waals surface area (Å²) in [5.74, 6) is 0.912. The smallest absolute Gasteiger partial charge is 0.120 e. The maximum Gasteiger partial charge on any atom is 0.120 e. The summed E-state index contributed by atoms with van der Waals surface area (Å²) in [7, 11) is 1.71. The molecular weight excluding hydrogens is 240 g/mol. The highest BCUT2D eigenvalue weighted by molar-refractivity contribution is 5.58. The van der Waals surface area contributed by atoms with Crippen molar-refractivity contribution in [3.8, 4) is 5.75 Å². The molecule has 0 saturated heterocycles. The SMILES string of the molecule is COc1ccc2c(c1)N(CCOC(C)C)CCNC2. The maximum atomic E-state index is 5.66. The lowest BCUT2D eigenvalue weighted by atomic mass is 10.1. The minimum Gasteiger partial charge on any atom is -0.497 e. The van der Waals surface area contributed by atoms with Crippen molar-refractivity contribution in [2.45, 2.75) is 26.5 Å². The molecule has 0 saturated carbocycles. The monoisotopic (exact) mass is 264 g/mol. The Morgan fingerprint density at radius 2 is 2.21 bits per heavy atom. The Bertz CT molecular complexity index is 407. The topological polar surface area (TPSA) is 33.7 Å². The Morgan fingerprint density at radius 3 is 2.95 bits per heavy atom. The van der Waals surface area contributed by atoms with Gasteiger partial charge in [-0.05, 0) is 25.5 Å². The highest BCUT2D eigenvalue weighted by Gasteiger charge is 2.15. The molecule has 106 valence electrons. The van der Waals surface area contributed by atoms with Crippen LogP contribution in [0.4, 0.5) is 5.69 Å². The second-order valence-corrected chi connectivity index (χ2v) is 5.08. The fraction of sp³-hybridized carbons (Fsp3) is 0.600. The van der Waals surface area contributed by atoms with Gasteiger partial charge in [-0.1, -0.05) is 6.07 Å². The summed E-state index contributed by atoms with van der Waals surface area (Å²) in [6, 6.07) is 6.29. The number of anilines is 1. The molecule has 1 aliphatic rings. The van der Waals surface area contributed by atoms with E-state index in [1.54, 1.807) is 7.11 Å². The first kappa shape index (κ1) is 14.2. The van der Waals surface area contributed by atoms with Crippen LogP contribution in [-0.4, -0.2) is 39.5 Å². The Balaban J connectivity index is 2.11. The van der Waals surface area contributed by atoms with Gasteiger partial charge in [-0.2, -0.15) is 0 Å². The molecule has 2 rings (SSSR count). The number of rotatable bonds is 5. The van der Waals surface area contributed by atoms with Gasteiger partial charge in [0.05, 0.1) is 19.8 Å². The molecule has 1 aromatic rings. The predicted molar refractivity (Wildman–Crippen MR) is 78.0 cm³/mol. The molecule has 0 atom stereocenters. The number of benzene rings is 1. The number of methoxy groups -OCH3 is 1. The molecule has 1 heterocycles. The van der Waals surface area contributed by atoms with Crippen LogP contribution in [0.5, 0.6) is 5.75 Å². The first-order valence-corrected chi connectivity index (χ1v) is 6.95. The molecule has 0 bridgehead atoms. The van der Waals surface area contributed by atoms with Crippen molar-refractivity contribution in [3.05, 3.63) is 23.8 Å². The normalized spacial score (nSPS) is 15.3. The summed E-state index contributed by atoms with van der Waals surface area (Å²) in [5.41, 5.74) is 2.58. The molecule has 4 nitrogen and oxygen atoms in total. The summed E-state index contributed by atoms with van der Waals surface area (Å²) in [5, 5.41) is 3.45. The van der Waals surface area contributed by atoms with E-state index in [0.717, 1.165) is 38.5 Å². The lowest BCUT2D eigenvalue weighted by Crippen LogP contribution is -2.32. The van der Waals surface area contributed by atoms with E-state index < -0.39 is 0 Å². The van der Waals surface area contributed by atoms with Crippen molar-refractivity contribution in [3.63, 3.8) is 0 Å². The fourth-order valence-corrected chi connectivity index (χ4v) is 2.30. The first-order valence-electron chi connectivity index (χ1n) is 6.95. The third kappa shape index (κ3) is 3.85. The van der Waals surface area contributed by atoms with Gasteiger partial charge in [0.25, 0.3) is 0 Å². The van der Waals surface area contributed by atoms with Crippen molar-refractivity contribution in [1.82, 2.24) is 5.32 Å². The van der Waals surface area contributed by atoms with Gasteiger partial charge in [-0.3, -0.25) is 0 Å². The van der Waals surface area contributed by atoms with Crippen LogP contribution in [0.3, 0.4) is 0 Å². The quantitative estimate of drug-likeness (QED) is 0.882. The van der Waals surface area contributed by atoms with E-state index in [4.69, 9.17) is 9.47 Å². The summed E-state index contributed by atoms with van der Waals surface area (Å²) in [4.78, 5) is 2.38. The highest BCUT2D eigenvalue weighted by atomic mass is 16.5. The predicted octanol–water partition coefficient (Wildman–Crippen LogP) is 2.03. The van der Waals surface area contributed by atoms with Crippen LogP contribution in [0, 0.1) is 0 Å². The van der Waals surface area contributed by atoms with Crippen LogP contribution in [0.1, 0.15) is 19.4 Å². The summed E-state index contributed by atoms with van der Waals surface area (Å²) >= 11 is 0. The third-order valence-electron chi connectivity index (χ3n) is 3.32. The molecule has 1 aliphatic heterocycles. The number of ether oxygens (including phenoxy) is 2. The molecule has 0 spiro atoms. The molecule has 1 N–H and O–H groups in total. The van der Waals surface area contributed by atoms with Gasteiger partial charge in [0, 0.05) is 37.9 Å². The number of hydrogen-bond acceptors (Lipinski definition) is 4. The average molecular weight is 264 g/mol. The van der Waals surface area contributed by atoms with E-state index in [0.29, 0.717) is 0 Å². The van der Waals surface area contributed by atoms with E-state index >= 15 is 0 Å². The molecule has 0 fully saturated rings. The average Bonchev–Trinajstić information content (AvgIpc) is 2.60.